The molecular weight excluding hydrogens is 382 g/mol. The van der Waals surface area contributed by atoms with Crippen LogP contribution >= 0.6 is 27.7 Å². The van der Waals surface area contributed by atoms with E-state index in [1.807, 2.05) is 30.5 Å². The van der Waals surface area contributed by atoms with Crippen LogP contribution in [0.4, 0.5) is 5.69 Å². The van der Waals surface area contributed by atoms with Crippen molar-refractivity contribution in [1.29, 1.82) is 0 Å². The number of halogens is 1. The summed E-state index contributed by atoms with van der Waals surface area (Å²) in [5.74, 6) is 0. The van der Waals surface area contributed by atoms with Crippen molar-refractivity contribution in [2.45, 2.75) is 9.79 Å². The highest BCUT2D eigenvalue weighted by Gasteiger charge is 2.24. The Balaban J connectivity index is 2.47. The minimum atomic E-state index is -3.63. The first-order chi connectivity index (χ1) is 10.5. The summed E-state index contributed by atoms with van der Waals surface area (Å²) in [5, 5.41) is 0. The normalized spacial score (nSPS) is 11.2. The SMILES string of the molecule is C=CCN(c1cccc(Br)c1)S(=O)(=O)c1ccc(SC)cc1. The molecule has 0 saturated heterocycles. The summed E-state index contributed by atoms with van der Waals surface area (Å²) in [6.07, 6.45) is 3.53. The molecule has 0 unspecified atom stereocenters. The second-order valence-electron chi connectivity index (χ2n) is 4.48. The van der Waals surface area contributed by atoms with Crippen molar-refractivity contribution in [3.8, 4) is 0 Å². The van der Waals surface area contributed by atoms with E-state index in [2.05, 4.69) is 22.5 Å². The van der Waals surface area contributed by atoms with Crippen LogP contribution in [-0.2, 0) is 10.0 Å². The first kappa shape index (κ1) is 17.1. The van der Waals surface area contributed by atoms with Crippen molar-refractivity contribution in [3.63, 3.8) is 0 Å². The molecule has 0 heterocycles. The van der Waals surface area contributed by atoms with Gasteiger partial charge < -0.3 is 0 Å². The fraction of sp³-hybridized carbons (Fsp3) is 0.125. The number of sulfonamides is 1. The Morgan fingerprint density at radius 1 is 1.23 bits per heavy atom. The van der Waals surface area contributed by atoms with Gasteiger partial charge in [0.2, 0.25) is 0 Å². The molecule has 6 heteroatoms. The summed E-state index contributed by atoms with van der Waals surface area (Å²) in [6.45, 7) is 3.87. The molecule has 0 fully saturated rings. The molecule has 0 atom stereocenters. The van der Waals surface area contributed by atoms with E-state index in [1.165, 1.54) is 4.31 Å². The predicted octanol–water partition coefficient (Wildman–Crippen LogP) is 4.55. The molecule has 0 aliphatic rings. The fourth-order valence-electron chi connectivity index (χ4n) is 1.97. The highest BCUT2D eigenvalue weighted by molar-refractivity contribution is 9.10. The zero-order valence-corrected chi connectivity index (χ0v) is 15.3. The molecule has 0 bridgehead atoms. The molecule has 0 spiro atoms. The number of hydrogen-bond acceptors (Lipinski definition) is 3. The van der Waals surface area contributed by atoms with Gasteiger partial charge in [-0.05, 0) is 48.7 Å². The lowest BCUT2D eigenvalue weighted by Gasteiger charge is -2.23. The van der Waals surface area contributed by atoms with Crippen LogP contribution in [0, 0.1) is 0 Å². The Kier molecular flexibility index (Phi) is 5.72. The average molecular weight is 398 g/mol. The Hall–Kier alpha value is -1.24. The summed E-state index contributed by atoms with van der Waals surface area (Å²) < 4.78 is 28.0. The van der Waals surface area contributed by atoms with E-state index in [0.29, 0.717) is 5.69 Å². The quantitative estimate of drug-likeness (QED) is 0.529. The zero-order chi connectivity index (χ0) is 16.2. The summed E-state index contributed by atoms with van der Waals surface area (Å²) in [7, 11) is -3.63. The van der Waals surface area contributed by atoms with Crippen LogP contribution in [0.2, 0.25) is 0 Å². The van der Waals surface area contributed by atoms with Crippen LogP contribution in [0.25, 0.3) is 0 Å². The zero-order valence-electron chi connectivity index (χ0n) is 12.1. The second-order valence-corrected chi connectivity index (χ2v) is 8.14. The number of rotatable bonds is 6. The molecule has 0 aromatic heterocycles. The molecule has 22 heavy (non-hydrogen) atoms. The Labute approximate surface area is 144 Å². The molecule has 116 valence electrons. The second kappa shape index (κ2) is 7.35. The average Bonchev–Trinajstić information content (AvgIpc) is 2.52. The van der Waals surface area contributed by atoms with Crippen molar-refractivity contribution in [1.82, 2.24) is 0 Å². The van der Waals surface area contributed by atoms with Crippen LogP contribution in [0.15, 0.2) is 75.4 Å². The van der Waals surface area contributed by atoms with Gasteiger partial charge in [-0.3, -0.25) is 4.31 Å². The molecule has 0 aliphatic carbocycles. The van der Waals surface area contributed by atoms with E-state index >= 15 is 0 Å². The molecule has 2 aromatic rings. The van der Waals surface area contributed by atoms with Crippen LogP contribution in [-0.4, -0.2) is 21.2 Å². The maximum Gasteiger partial charge on any atom is 0.264 e. The Morgan fingerprint density at radius 2 is 1.91 bits per heavy atom. The number of hydrogen-bond donors (Lipinski definition) is 0. The molecule has 0 radical (unpaired) electrons. The third kappa shape index (κ3) is 3.74. The van der Waals surface area contributed by atoms with Crippen LogP contribution in [0.3, 0.4) is 0 Å². The number of benzene rings is 2. The van der Waals surface area contributed by atoms with Crippen LogP contribution in [0.1, 0.15) is 0 Å². The van der Waals surface area contributed by atoms with Gasteiger partial charge in [0, 0.05) is 9.37 Å². The number of nitrogens with zero attached hydrogens (tertiary/aromatic N) is 1. The minimum absolute atomic E-state index is 0.211. The standard InChI is InChI=1S/C16H16BrNO2S2/c1-3-11-18(14-6-4-5-13(17)12-14)22(19,20)16-9-7-15(21-2)8-10-16/h3-10,12H,1,11H2,2H3. The first-order valence-corrected chi connectivity index (χ1v) is 9.98. The molecule has 0 amide bonds. The summed E-state index contributed by atoms with van der Waals surface area (Å²) in [6, 6.07) is 14.1. The smallest absolute Gasteiger partial charge is 0.262 e. The van der Waals surface area contributed by atoms with Gasteiger partial charge >= 0.3 is 0 Å². The van der Waals surface area contributed by atoms with Gasteiger partial charge in [-0.15, -0.1) is 18.3 Å². The molecule has 0 aliphatic heterocycles. The van der Waals surface area contributed by atoms with Gasteiger partial charge in [-0.1, -0.05) is 28.1 Å². The summed E-state index contributed by atoms with van der Waals surface area (Å²) in [4.78, 5) is 1.30. The largest absolute Gasteiger partial charge is 0.264 e. The predicted molar refractivity (Wildman–Crippen MR) is 97.1 cm³/mol. The Morgan fingerprint density at radius 3 is 2.45 bits per heavy atom. The maximum atomic E-state index is 12.9. The maximum absolute atomic E-state index is 12.9. The van der Waals surface area contributed by atoms with Gasteiger partial charge in [0.25, 0.3) is 10.0 Å². The minimum Gasteiger partial charge on any atom is -0.262 e. The lowest BCUT2D eigenvalue weighted by molar-refractivity contribution is 0.593. The monoisotopic (exact) mass is 397 g/mol. The van der Waals surface area contributed by atoms with E-state index < -0.39 is 10.0 Å². The van der Waals surface area contributed by atoms with Crippen molar-refractivity contribution in [3.05, 3.63) is 65.7 Å². The lowest BCUT2D eigenvalue weighted by Crippen LogP contribution is -2.31. The highest BCUT2D eigenvalue weighted by Crippen LogP contribution is 2.27. The van der Waals surface area contributed by atoms with Gasteiger partial charge in [-0.25, -0.2) is 8.42 Å². The van der Waals surface area contributed by atoms with Gasteiger partial charge in [0.1, 0.15) is 0 Å². The van der Waals surface area contributed by atoms with Crippen molar-refractivity contribution in [2.75, 3.05) is 17.1 Å². The molecule has 0 saturated carbocycles. The first-order valence-electron chi connectivity index (χ1n) is 6.52. The van der Waals surface area contributed by atoms with E-state index in [0.717, 1.165) is 9.37 Å². The molecule has 2 aromatic carbocycles. The topological polar surface area (TPSA) is 37.4 Å². The van der Waals surface area contributed by atoms with Gasteiger partial charge in [-0.2, -0.15) is 0 Å². The van der Waals surface area contributed by atoms with Gasteiger partial charge in [0.15, 0.2) is 0 Å². The van der Waals surface area contributed by atoms with E-state index in [1.54, 1.807) is 42.1 Å². The third-order valence-electron chi connectivity index (χ3n) is 3.04. The van der Waals surface area contributed by atoms with Gasteiger partial charge in [0.05, 0.1) is 17.1 Å². The third-order valence-corrected chi connectivity index (χ3v) is 6.08. The van der Waals surface area contributed by atoms with Crippen LogP contribution < -0.4 is 4.31 Å². The van der Waals surface area contributed by atoms with Crippen molar-refractivity contribution in [2.24, 2.45) is 0 Å². The van der Waals surface area contributed by atoms with E-state index in [-0.39, 0.29) is 11.4 Å². The highest BCUT2D eigenvalue weighted by atomic mass is 79.9. The lowest BCUT2D eigenvalue weighted by atomic mass is 10.3. The molecular formula is C16H16BrNO2S2. The Bertz CT molecular complexity index is 758. The number of thioether (sulfide) groups is 1. The molecule has 0 N–H and O–H groups in total. The molecule has 3 nitrogen and oxygen atoms in total. The number of anilines is 1. The summed E-state index contributed by atoms with van der Waals surface area (Å²) >= 11 is 4.95. The molecule has 2 rings (SSSR count). The summed E-state index contributed by atoms with van der Waals surface area (Å²) in [5.41, 5.74) is 0.600. The fourth-order valence-corrected chi connectivity index (χ4v) is 4.19. The van der Waals surface area contributed by atoms with Crippen LogP contribution in [0.5, 0.6) is 0 Å². The van der Waals surface area contributed by atoms with E-state index in [4.69, 9.17) is 0 Å². The van der Waals surface area contributed by atoms with Crippen molar-refractivity contribution >= 4 is 43.4 Å². The van der Waals surface area contributed by atoms with E-state index in [9.17, 15) is 8.42 Å². The van der Waals surface area contributed by atoms with Crippen molar-refractivity contribution < 1.29 is 8.42 Å².